The van der Waals surface area contributed by atoms with E-state index in [1.807, 2.05) is 6.92 Å². The Morgan fingerprint density at radius 3 is 2.17 bits per heavy atom. The first-order valence-corrected chi connectivity index (χ1v) is 7.86. The molecule has 106 valence electrons. The number of likely N-dealkylation sites (tertiary alicyclic amines) is 1. The molecule has 18 heavy (non-hydrogen) atoms. The van der Waals surface area contributed by atoms with Crippen molar-refractivity contribution >= 4 is 0 Å². The summed E-state index contributed by atoms with van der Waals surface area (Å²) in [7, 11) is 0. The van der Waals surface area contributed by atoms with E-state index in [0.29, 0.717) is 11.3 Å². The van der Waals surface area contributed by atoms with Gasteiger partial charge in [-0.15, -0.1) is 0 Å². The molecule has 0 amide bonds. The van der Waals surface area contributed by atoms with Crippen LogP contribution in [0.25, 0.3) is 0 Å². The van der Waals surface area contributed by atoms with E-state index in [1.165, 1.54) is 51.6 Å². The maximum Gasteiger partial charge on any atom is 0.0748 e. The van der Waals surface area contributed by atoms with Gasteiger partial charge in [0, 0.05) is 19.6 Å². The van der Waals surface area contributed by atoms with Crippen molar-refractivity contribution in [3.8, 4) is 0 Å². The molecule has 1 saturated carbocycles. The summed E-state index contributed by atoms with van der Waals surface area (Å²) in [4.78, 5) is 2.48. The third-order valence-corrected chi connectivity index (χ3v) is 4.69. The average molecular weight is 253 g/mol. The zero-order chi connectivity index (χ0) is 13.2. The van der Waals surface area contributed by atoms with Crippen LogP contribution in [0.4, 0.5) is 0 Å². The van der Waals surface area contributed by atoms with Crippen LogP contribution in [0, 0.1) is 11.3 Å². The first-order valence-electron chi connectivity index (χ1n) is 7.86. The smallest absolute Gasteiger partial charge is 0.0748 e. The first-order chi connectivity index (χ1) is 8.41. The van der Waals surface area contributed by atoms with Crippen LogP contribution in [0.1, 0.15) is 65.7 Å². The molecule has 0 radical (unpaired) electrons. The van der Waals surface area contributed by atoms with Crippen LogP contribution in [-0.2, 0) is 0 Å². The predicted octanol–water partition coefficient (Wildman–Crippen LogP) is 3.44. The molecular formula is C16H31NO. The minimum Gasteiger partial charge on any atom is -0.389 e. The van der Waals surface area contributed by atoms with E-state index in [1.54, 1.807) is 0 Å². The van der Waals surface area contributed by atoms with Crippen molar-refractivity contribution < 1.29 is 5.11 Å². The molecule has 0 aromatic rings. The Morgan fingerprint density at radius 2 is 1.67 bits per heavy atom. The average Bonchev–Trinajstić information content (AvgIpc) is 2.39. The Balaban J connectivity index is 1.78. The highest BCUT2D eigenvalue weighted by Gasteiger charge is 2.44. The summed E-state index contributed by atoms with van der Waals surface area (Å²) in [6, 6.07) is 0. The van der Waals surface area contributed by atoms with Gasteiger partial charge in [-0.2, -0.15) is 0 Å². The zero-order valence-electron chi connectivity index (χ0n) is 12.5. The van der Waals surface area contributed by atoms with E-state index in [0.717, 1.165) is 13.0 Å². The lowest BCUT2D eigenvalue weighted by molar-refractivity contribution is -0.0734. The molecule has 2 rings (SSSR count). The number of β-amino-alcohol motifs (C(OH)–C–C–N with tert-alkyl or cyclic N) is 1. The SMILES string of the molecule is CC(C)CC(C)(O)CN1CC2(CCCCCC2)C1. The minimum atomic E-state index is -0.499. The van der Waals surface area contributed by atoms with Gasteiger partial charge in [0.15, 0.2) is 0 Å². The van der Waals surface area contributed by atoms with Crippen molar-refractivity contribution in [1.82, 2.24) is 4.90 Å². The third kappa shape index (κ3) is 3.71. The summed E-state index contributed by atoms with van der Waals surface area (Å²) in [6.45, 7) is 9.73. The topological polar surface area (TPSA) is 23.5 Å². The summed E-state index contributed by atoms with van der Waals surface area (Å²) in [5.74, 6) is 0.577. The Hall–Kier alpha value is -0.0800. The van der Waals surface area contributed by atoms with Crippen LogP contribution < -0.4 is 0 Å². The van der Waals surface area contributed by atoms with Crippen molar-refractivity contribution in [2.24, 2.45) is 11.3 Å². The van der Waals surface area contributed by atoms with E-state index in [9.17, 15) is 5.11 Å². The molecule has 1 N–H and O–H groups in total. The van der Waals surface area contributed by atoms with Gasteiger partial charge < -0.3 is 5.11 Å². The van der Waals surface area contributed by atoms with Gasteiger partial charge in [-0.25, -0.2) is 0 Å². The highest BCUT2D eigenvalue weighted by molar-refractivity contribution is 4.97. The largest absolute Gasteiger partial charge is 0.389 e. The Kier molecular flexibility index (Phi) is 4.38. The van der Waals surface area contributed by atoms with E-state index in [4.69, 9.17) is 0 Å². The van der Waals surface area contributed by atoms with Gasteiger partial charge in [0.05, 0.1) is 5.60 Å². The van der Waals surface area contributed by atoms with Gasteiger partial charge in [-0.05, 0) is 37.5 Å². The number of nitrogens with zero attached hydrogens (tertiary/aromatic N) is 1. The lowest BCUT2D eigenvalue weighted by Crippen LogP contribution is -2.59. The molecule has 0 aromatic heterocycles. The molecule has 1 atom stereocenters. The van der Waals surface area contributed by atoms with Crippen molar-refractivity contribution in [2.45, 2.75) is 71.3 Å². The molecule has 2 heteroatoms. The molecule has 2 fully saturated rings. The van der Waals surface area contributed by atoms with Crippen molar-refractivity contribution in [3.63, 3.8) is 0 Å². The van der Waals surface area contributed by atoms with Gasteiger partial charge in [-0.3, -0.25) is 4.90 Å². The van der Waals surface area contributed by atoms with E-state index in [-0.39, 0.29) is 0 Å². The van der Waals surface area contributed by atoms with Gasteiger partial charge in [-0.1, -0.05) is 39.5 Å². The maximum atomic E-state index is 10.4. The third-order valence-electron chi connectivity index (χ3n) is 4.69. The predicted molar refractivity (Wildman–Crippen MR) is 76.7 cm³/mol. The summed E-state index contributed by atoms with van der Waals surface area (Å²) in [5, 5.41) is 10.4. The van der Waals surface area contributed by atoms with E-state index >= 15 is 0 Å². The van der Waals surface area contributed by atoms with Crippen molar-refractivity contribution in [1.29, 1.82) is 0 Å². The van der Waals surface area contributed by atoms with Crippen LogP contribution in [0.3, 0.4) is 0 Å². The minimum absolute atomic E-state index is 0.499. The Morgan fingerprint density at radius 1 is 1.11 bits per heavy atom. The summed E-state index contributed by atoms with van der Waals surface area (Å²) in [5.41, 5.74) is 0.130. The molecule has 0 bridgehead atoms. The number of hydrogen-bond donors (Lipinski definition) is 1. The molecule has 1 heterocycles. The lowest BCUT2D eigenvalue weighted by atomic mass is 9.73. The van der Waals surface area contributed by atoms with Crippen molar-refractivity contribution in [3.05, 3.63) is 0 Å². The molecule has 1 unspecified atom stereocenters. The molecule has 2 aliphatic rings. The fraction of sp³-hybridized carbons (Fsp3) is 1.00. The van der Waals surface area contributed by atoms with Gasteiger partial charge >= 0.3 is 0 Å². The van der Waals surface area contributed by atoms with Crippen molar-refractivity contribution in [2.75, 3.05) is 19.6 Å². The lowest BCUT2D eigenvalue weighted by Gasteiger charge is -2.52. The molecule has 0 aromatic carbocycles. The summed E-state index contributed by atoms with van der Waals surface area (Å²) >= 11 is 0. The van der Waals surface area contributed by atoms with E-state index < -0.39 is 5.60 Å². The van der Waals surface area contributed by atoms with Crippen LogP contribution in [-0.4, -0.2) is 35.2 Å². The second-order valence-electron chi connectivity index (χ2n) is 7.65. The standard InChI is InChI=1S/C16H31NO/c1-14(2)10-15(3,18)11-17-12-16(13-17)8-6-4-5-7-9-16/h14,18H,4-13H2,1-3H3. The van der Waals surface area contributed by atoms with Gasteiger partial charge in [0.25, 0.3) is 0 Å². The van der Waals surface area contributed by atoms with Crippen LogP contribution in [0.5, 0.6) is 0 Å². The van der Waals surface area contributed by atoms with Gasteiger partial charge in [0.1, 0.15) is 0 Å². The quantitative estimate of drug-likeness (QED) is 0.829. The van der Waals surface area contributed by atoms with E-state index in [2.05, 4.69) is 18.7 Å². The fourth-order valence-corrected chi connectivity index (χ4v) is 4.23. The Labute approximate surface area is 113 Å². The molecule has 2 nitrogen and oxygen atoms in total. The van der Waals surface area contributed by atoms with Crippen LogP contribution >= 0.6 is 0 Å². The van der Waals surface area contributed by atoms with Gasteiger partial charge in [0.2, 0.25) is 0 Å². The number of aliphatic hydroxyl groups is 1. The molecule has 1 spiro atoms. The first kappa shape index (κ1) is 14.3. The Bertz CT molecular complexity index is 256. The second-order valence-corrected chi connectivity index (χ2v) is 7.65. The van der Waals surface area contributed by atoms with Crippen LogP contribution in [0.15, 0.2) is 0 Å². The maximum absolute atomic E-state index is 10.4. The second kappa shape index (κ2) is 5.50. The number of rotatable bonds is 4. The highest BCUT2D eigenvalue weighted by Crippen LogP contribution is 2.43. The number of hydrogen-bond acceptors (Lipinski definition) is 2. The summed E-state index contributed by atoms with van der Waals surface area (Å²) < 4.78 is 0. The molecule has 1 aliphatic heterocycles. The normalized spacial score (nSPS) is 27.8. The summed E-state index contributed by atoms with van der Waals surface area (Å²) in [6.07, 6.45) is 9.49. The molecule has 1 saturated heterocycles. The monoisotopic (exact) mass is 253 g/mol. The molecular weight excluding hydrogens is 222 g/mol. The van der Waals surface area contributed by atoms with Crippen LogP contribution in [0.2, 0.25) is 0 Å². The zero-order valence-corrected chi connectivity index (χ0v) is 12.5. The highest BCUT2D eigenvalue weighted by atomic mass is 16.3. The fourth-order valence-electron chi connectivity index (χ4n) is 4.23. The molecule has 1 aliphatic carbocycles.